The van der Waals surface area contributed by atoms with Gasteiger partial charge < -0.3 is 16.0 Å². The van der Waals surface area contributed by atoms with Crippen LogP contribution in [0.25, 0.3) is 32.7 Å². The Morgan fingerprint density at radius 2 is 1.33 bits per heavy atom. The first kappa shape index (κ1) is 17.3. The highest BCUT2D eigenvalue weighted by Crippen LogP contribution is 2.44. The maximum absolute atomic E-state index is 5.84. The summed E-state index contributed by atoms with van der Waals surface area (Å²) < 4.78 is 0. The summed E-state index contributed by atoms with van der Waals surface area (Å²) in [5, 5.41) is 8.19. The van der Waals surface area contributed by atoms with E-state index < -0.39 is 0 Å². The fourth-order valence-corrected chi connectivity index (χ4v) is 3.78. The smallest absolute Gasteiger partial charge is 0.168 e. The quantitative estimate of drug-likeness (QED) is 0.474. The molecule has 0 aliphatic carbocycles. The second kappa shape index (κ2) is 6.89. The predicted molar refractivity (Wildman–Crippen MR) is 122 cm³/mol. The van der Waals surface area contributed by atoms with Crippen molar-refractivity contribution >= 4 is 50.2 Å². The predicted octanol–water partition coefficient (Wildman–Crippen LogP) is 5.38. The number of benzene rings is 4. The van der Waals surface area contributed by atoms with E-state index in [4.69, 9.17) is 18.0 Å². The zero-order valence-corrected chi connectivity index (χ0v) is 16.2. The largest absolute Gasteiger partial charge is 0.377 e. The van der Waals surface area contributed by atoms with Crippen LogP contribution in [0, 0.1) is 0 Å². The maximum atomic E-state index is 5.84. The Balaban J connectivity index is 2.19. The van der Waals surface area contributed by atoms with Crippen LogP contribution in [-0.2, 0) is 0 Å². The molecule has 0 fully saturated rings. The molecule has 4 aromatic carbocycles. The second-order valence-electron chi connectivity index (χ2n) is 6.77. The third-order valence-corrected chi connectivity index (χ3v) is 4.93. The van der Waals surface area contributed by atoms with Gasteiger partial charge in [0.25, 0.3) is 0 Å². The van der Waals surface area contributed by atoms with Gasteiger partial charge in [0.05, 0.1) is 0 Å². The number of nitrogens with zero attached hydrogens (tertiary/aromatic N) is 1. The van der Waals surface area contributed by atoms with Gasteiger partial charge in [-0.2, -0.15) is 0 Å². The molecule has 27 heavy (non-hydrogen) atoms. The zero-order chi connectivity index (χ0) is 19.0. The van der Waals surface area contributed by atoms with E-state index in [0.29, 0.717) is 0 Å². The lowest BCUT2D eigenvalue weighted by atomic mass is 9.90. The van der Waals surface area contributed by atoms with Gasteiger partial charge in [0.1, 0.15) is 0 Å². The van der Waals surface area contributed by atoms with Gasteiger partial charge in [0.15, 0.2) is 5.11 Å². The van der Waals surface area contributed by atoms with Gasteiger partial charge >= 0.3 is 0 Å². The Kier molecular flexibility index (Phi) is 4.42. The number of nitrogens with two attached hydrogens (primary N) is 1. The number of fused-ring (bicyclic) bond motifs is 2. The van der Waals surface area contributed by atoms with Crippen LogP contribution in [0.15, 0.2) is 72.8 Å². The highest BCUT2D eigenvalue weighted by molar-refractivity contribution is 7.80. The summed E-state index contributed by atoms with van der Waals surface area (Å²) in [6, 6.07) is 25.4. The SMILES string of the molecule is CN(C)c1ccc2ccccc2c1-c1c(NC(N)=S)ccc2ccccc12. The van der Waals surface area contributed by atoms with E-state index in [0.717, 1.165) is 16.9 Å². The fraction of sp³-hybridized carbons (Fsp3) is 0.0870. The monoisotopic (exact) mass is 371 g/mol. The minimum atomic E-state index is 0.262. The molecule has 4 rings (SSSR count). The summed E-state index contributed by atoms with van der Waals surface area (Å²) in [6.45, 7) is 0. The molecule has 4 heteroatoms. The number of thiocarbonyl (C=S) groups is 1. The Hall–Kier alpha value is -3.11. The Morgan fingerprint density at radius 1 is 0.778 bits per heavy atom. The molecule has 4 aromatic rings. The molecule has 0 atom stereocenters. The van der Waals surface area contributed by atoms with Crippen molar-refractivity contribution < 1.29 is 0 Å². The van der Waals surface area contributed by atoms with Crippen LogP contribution in [0.1, 0.15) is 0 Å². The molecule has 0 amide bonds. The molecular formula is C23H21N3S. The minimum absolute atomic E-state index is 0.262. The molecule has 0 aliphatic rings. The summed E-state index contributed by atoms with van der Waals surface area (Å²) in [5.41, 5.74) is 10.2. The Morgan fingerprint density at radius 3 is 1.93 bits per heavy atom. The number of hydrogen-bond acceptors (Lipinski definition) is 2. The van der Waals surface area contributed by atoms with Crippen molar-refractivity contribution in [3.63, 3.8) is 0 Å². The van der Waals surface area contributed by atoms with E-state index in [2.05, 4.69) is 97.1 Å². The van der Waals surface area contributed by atoms with Crippen molar-refractivity contribution in [2.45, 2.75) is 0 Å². The molecule has 134 valence electrons. The first-order valence-electron chi connectivity index (χ1n) is 8.84. The first-order valence-corrected chi connectivity index (χ1v) is 9.25. The standard InChI is InChI=1S/C23H21N3S/c1-26(2)20-14-12-16-8-4-6-10-18(16)22(20)21-17-9-5-3-7-15(17)11-13-19(21)25-23(24)27/h3-14H,1-2H3,(H3,24,25,27). The number of nitrogens with one attached hydrogen (secondary N) is 1. The molecule has 0 radical (unpaired) electrons. The van der Waals surface area contributed by atoms with Crippen molar-refractivity contribution in [2.24, 2.45) is 5.73 Å². The molecule has 0 heterocycles. The van der Waals surface area contributed by atoms with Crippen LogP contribution in [-0.4, -0.2) is 19.2 Å². The summed E-state index contributed by atoms with van der Waals surface area (Å²) in [6.07, 6.45) is 0. The van der Waals surface area contributed by atoms with Crippen molar-refractivity contribution in [3.8, 4) is 11.1 Å². The summed E-state index contributed by atoms with van der Waals surface area (Å²) >= 11 is 5.15. The van der Waals surface area contributed by atoms with Crippen LogP contribution in [0.2, 0.25) is 0 Å². The van der Waals surface area contributed by atoms with Crippen LogP contribution in [0.5, 0.6) is 0 Å². The minimum Gasteiger partial charge on any atom is -0.377 e. The summed E-state index contributed by atoms with van der Waals surface area (Å²) in [4.78, 5) is 2.15. The van der Waals surface area contributed by atoms with Gasteiger partial charge in [-0.25, -0.2) is 0 Å². The van der Waals surface area contributed by atoms with Gasteiger partial charge in [-0.15, -0.1) is 0 Å². The molecule has 0 bridgehead atoms. The molecule has 3 nitrogen and oxygen atoms in total. The Bertz CT molecular complexity index is 1160. The zero-order valence-electron chi connectivity index (χ0n) is 15.4. The lowest BCUT2D eigenvalue weighted by molar-refractivity contribution is 1.14. The fourth-order valence-electron chi connectivity index (χ4n) is 3.67. The van der Waals surface area contributed by atoms with Crippen molar-refractivity contribution in [3.05, 3.63) is 72.8 Å². The van der Waals surface area contributed by atoms with E-state index in [1.165, 1.54) is 27.1 Å². The van der Waals surface area contributed by atoms with Crippen molar-refractivity contribution in [1.82, 2.24) is 0 Å². The third kappa shape index (κ3) is 3.09. The lowest BCUT2D eigenvalue weighted by Crippen LogP contribution is -2.19. The second-order valence-corrected chi connectivity index (χ2v) is 7.21. The molecule has 3 N–H and O–H groups in total. The number of rotatable bonds is 3. The van der Waals surface area contributed by atoms with E-state index >= 15 is 0 Å². The Labute approximate surface area is 164 Å². The van der Waals surface area contributed by atoms with Crippen LogP contribution >= 0.6 is 12.2 Å². The highest BCUT2D eigenvalue weighted by atomic mass is 32.1. The van der Waals surface area contributed by atoms with Gasteiger partial charge in [-0.05, 0) is 45.9 Å². The van der Waals surface area contributed by atoms with Gasteiger partial charge in [0.2, 0.25) is 0 Å². The number of anilines is 2. The van der Waals surface area contributed by atoms with E-state index in [-0.39, 0.29) is 5.11 Å². The average Bonchev–Trinajstić information content (AvgIpc) is 2.66. The molecule has 0 saturated carbocycles. The first-order chi connectivity index (χ1) is 13.1. The normalized spacial score (nSPS) is 10.9. The van der Waals surface area contributed by atoms with E-state index in [1.807, 2.05) is 0 Å². The lowest BCUT2D eigenvalue weighted by Gasteiger charge is -2.23. The van der Waals surface area contributed by atoms with Crippen molar-refractivity contribution in [1.29, 1.82) is 0 Å². The molecule has 0 unspecified atom stereocenters. The molecule has 0 spiro atoms. The van der Waals surface area contributed by atoms with Gasteiger partial charge in [0, 0.05) is 36.6 Å². The average molecular weight is 372 g/mol. The maximum Gasteiger partial charge on any atom is 0.168 e. The number of hydrogen-bond donors (Lipinski definition) is 2. The van der Waals surface area contributed by atoms with E-state index in [9.17, 15) is 0 Å². The topological polar surface area (TPSA) is 41.3 Å². The highest BCUT2D eigenvalue weighted by Gasteiger charge is 2.18. The molecule has 0 saturated heterocycles. The molecule has 0 aromatic heterocycles. The van der Waals surface area contributed by atoms with Crippen molar-refractivity contribution in [2.75, 3.05) is 24.3 Å². The van der Waals surface area contributed by atoms with E-state index in [1.54, 1.807) is 0 Å². The van der Waals surface area contributed by atoms with Gasteiger partial charge in [-0.3, -0.25) is 0 Å². The molecular weight excluding hydrogens is 350 g/mol. The third-order valence-electron chi connectivity index (χ3n) is 4.83. The van der Waals surface area contributed by atoms with Crippen LogP contribution in [0.4, 0.5) is 11.4 Å². The molecule has 0 aliphatic heterocycles. The summed E-state index contributed by atoms with van der Waals surface area (Å²) in [5.74, 6) is 0. The van der Waals surface area contributed by atoms with Crippen LogP contribution in [0.3, 0.4) is 0 Å². The van der Waals surface area contributed by atoms with Crippen LogP contribution < -0.4 is 16.0 Å². The van der Waals surface area contributed by atoms with Gasteiger partial charge in [-0.1, -0.05) is 60.7 Å². The summed E-state index contributed by atoms with van der Waals surface area (Å²) in [7, 11) is 4.14.